The first-order chi connectivity index (χ1) is 17.6. The molecule has 0 aliphatic heterocycles. The predicted molar refractivity (Wildman–Crippen MR) is 150 cm³/mol. The molecule has 0 aromatic carbocycles. The van der Waals surface area contributed by atoms with E-state index in [2.05, 4.69) is 13.8 Å². The number of hydrogen-bond donors (Lipinski definition) is 1. The second kappa shape index (κ2) is 27.4. The van der Waals surface area contributed by atoms with Crippen molar-refractivity contribution >= 4 is 11.9 Å². The molecule has 5 nitrogen and oxygen atoms in total. The summed E-state index contributed by atoms with van der Waals surface area (Å²) in [6.45, 7) is 3.85. The van der Waals surface area contributed by atoms with E-state index in [1.807, 2.05) is 24.3 Å². The highest BCUT2D eigenvalue weighted by atomic mass is 16.6. The summed E-state index contributed by atoms with van der Waals surface area (Å²) in [6, 6.07) is 0. The van der Waals surface area contributed by atoms with Crippen molar-refractivity contribution in [2.75, 3.05) is 13.2 Å². The number of aliphatic hydroxyl groups is 1. The summed E-state index contributed by atoms with van der Waals surface area (Å²) in [7, 11) is 0. The average molecular weight is 505 g/mol. The summed E-state index contributed by atoms with van der Waals surface area (Å²) in [5.41, 5.74) is 0. The minimum atomic E-state index is -0.885. The van der Waals surface area contributed by atoms with Crippen LogP contribution in [0.25, 0.3) is 0 Å². The lowest BCUT2D eigenvalue weighted by atomic mass is 10.1. The highest BCUT2D eigenvalue weighted by Crippen LogP contribution is 2.09. The Kier molecular flexibility index (Phi) is 25.8. The van der Waals surface area contributed by atoms with Gasteiger partial charge in [-0.05, 0) is 25.7 Å². The van der Waals surface area contributed by atoms with Crippen molar-refractivity contribution in [1.82, 2.24) is 0 Å². The van der Waals surface area contributed by atoms with Gasteiger partial charge in [0.15, 0.2) is 6.10 Å². The quantitative estimate of drug-likeness (QED) is 0.0625. The average Bonchev–Trinajstić information content (AvgIpc) is 2.88. The van der Waals surface area contributed by atoms with Gasteiger partial charge < -0.3 is 14.6 Å². The van der Waals surface area contributed by atoms with Crippen LogP contribution in [0.4, 0.5) is 0 Å². The normalized spacial score (nSPS) is 12.9. The zero-order chi connectivity index (χ0) is 26.5. The van der Waals surface area contributed by atoms with Gasteiger partial charge in [0.1, 0.15) is 6.61 Å². The molecule has 36 heavy (non-hydrogen) atoms. The molecule has 0 aliphatic carbocycles. The molecule has 0 bridgehead atoms. The fourth-order valence-corrected chi connectivity index (χ4v) is 3.61. The van der Waals surface area contributed by atoms with Crippen LogP contribution in [-0.4, -0.2) is 36.4 Å². The maximum absolute atomic E-state index is 11.9. The van der Waals surface area contributed by atoms with Crippen LogP contribution in [0.1, 0.15) is 117 Å². The molecule has 0 aliphatic rings. The first-order valence-corrected chi connectivity index (χ1v) is 14.3. The van der Waals surface area contributed by atoms with Crippen LogP contribution in [-0.2, 0) is 19.1 Å². The minimum absolute atomic E-state index is 0.185. The van der Waals surface area contributed by atoms with Gasteiger partial charge in [0.25, 0.3) is 0 Å². The van der Waals surface area contributed by atoms with E-state index in [0.29, 0.717) is 0 Å². The lowest BCUT2D eigenvalue weighted by Crippen LogP contribution is -2.27. The van der Waals surface area contributed by atoms with E-state index < -0.39 is 24.6 Å². The summed E-state index contributed by atoms with van der Waals surface area (Å²) in [5, 5.41) is 9.39. The first kappa shape index (κ1) is 33.9. The van der Waals surface area contributed by atoms with Crippen LogP contribution >= 0.6 is 0 Å². The molecular formula is C31H52O5. The Morgan fingerprint density at radius 2 is 1.08 bits per heavy atom. The third-order valence-electron chi connectivity index (χ3n) is 5.81. The van der Waals surface area contributed by atoms with E-state index in [1.165, 1.54) is 89.2 Å². The van der Waals surface area contributed by atoms with Gasteiger partial charge in [-0.2, -0.15) is 0 Å². The molecule has 0 aromatic heterocycles. The van der Waals surface area contributed by atoms with Crippen LogP contribution in [0.2, 0.25) is 0 Å². The lowest BCUT2D eigenvalue weighted by Gasteiger charge is -2.13. The Morgan fingerprint density at radius 3 is 1.56 bits per heavy atom. The van der Waals surface area contributed by atoms with Gasteiger partial charge in [-0.15, -0.1) is 0 Å². The van der Waals surface area contributed by atoms with Gasteiger partial charge in [0.05, 0.1) is 6.61 Å². The summed E-state index contributed by atoms with van der Waals surface area (Å²) < 4.78 is 10.2. The largest absolute Gasteiger partial charge is 0.458 e. The summed E-state index contributed by atoms with van der Waals surface area (Å²) in [6.07, 6.45) is 32.6. The van der Waals surface area contributed by atoms with Crippen molar-refractivity contribution in [3.05, 3.63) is 48.6 Å². The van der Waals surface area contributed by atoms with Crippen LogP contribution < -0.4 is 0 Å². The van der Waals surface area contributed by atoms with Crippen molar-refractivity contribution in [3.8, 4) is 0 Å². The van der Waals surface area contributed by atoms with E-state index >= 15 is 0 Å². The summed E-state index contributed by atoms with van der Waals surface area (Å²) in [4.78, 5) is 23.7. The molecule has 1 atom stereocenters. The Morgan fingerprint density at radius 1 is 0.639 bits per heavy atom. The number of rotatable bonds is 24. The van der Waals surface area contributed by atoms with Gasteiger partial charge in [-0.1, -0.05) is 127 Å². The third kappa shape index (κ3) is 25.0. The fourth-order valence-electron chi connectivity index (χ4n) is 3.61. The number of carbonyl (C=O) groups is 2. The summed E-state index contributed by atoms with van der Waals surface area (Å²) >= 11 is 0. The number of hydrogen-bond acceptors (Lipinski definition) is 5. The first-order valence-electron chi connectivity index (χ1n) is 14.3. The van der Waals surface area contributed by atoms with Gasteiger partial charge >= 0.3 is 11.9 Å². The van der Waals surface area contributed by atoms with Crippen molar-refractivity contribution < 1.29 is 24.2 Å². The van der Waals surface area contributed by atoms with Gasteiger partial charge in [-0.25, -0.2) is 9.59 Å². The van der Waals surface area contributed by atoms with Gasteiger partial charge in [0, 0.05) is 12.2 Å². The van der Waals surface area contributed by atoms with Crippen LogP contribution in [0, 0.1) is 0 Å². The van der Waals surface area contributed by atoms with Crippen molar-refractivity contribution in [3.63, 3.8) is 0 Å². The Labute approximate surface area is 220 Å². The molecule has 0 amide bonds. The number of unbranched alkanes of at least 4 members (excludes halogenated alkanes) is 14. The fraction of sp³-hybridized carbons (Fsp3) is 0.677. The number of allylic oxidation sites excluding steroid dienone is 6. The van der Waals surface area contributed by atoms with Crippen molar-refractivity contribution in [2.24, 2.45) is 0 Å². The molecule has 1 unspecified atom stereocenters. The molecule has 0 saturated carbocycles. The molecule has 5 heteroatoms. The molecule has 0 spiro atoms. The molecule has 0 fully saturated rings. The molecule has 0 aromatic rings. The van der Waals surface area contributed by atoms with Crippen molar-refractivity contribution in [1.29, 1.82) is 0 Å². The van der Waals surface area contributed by atoms with Crippen LogP contribution in [0.15, 0.2) is 48.6 Å². The number of esters is 2. The predicted octanol–water partition coefficient (Wildman–Crippen LogP) is 7.94. The molecule has 206 valence electrons. The Bertz CT molecular complexity index is 633. The second-order valence-corrected chi connectivity index (χ2v) is 9.27. The highest BCUT2D eigenvalue weighted by Gasteiger charge is 2.13. The zero-order valence-corrected chi connectivity index (χ0v) is 23.0. The molecule has 1 N–H and O–H groups in total. The number of ether oxygens (including phenoxy) is 2. The molecule has 0 rings (SSSR count). The second-order valence-electron chi connectivity index (χ2n) is 9.27. The lowest BCUT2D eigenvalue weighted by molar-refractivity contribution is -0.154. The van der Waals surface area contributed by atoms with Crippen LogP contribution in [0.5, 0.6) is 0 Å². The third-order valence-corrected chi connectivity index (χ3v) is 5.81. The van der Waals surface area contributed by atoms with E-state index in [-0.39, 0.29) is 6.61 Å². The molecular weight excluding hydrogens is 452 g/mol. The number of aliphatic hydroxyl groups excluding tert-OH is 1. The van der Waals surface area contributed by atoms with Gasteiger partial charge in [-0.3, -0.25) is 0 Å². The van der Waals surface area contributed by atoms with Crippen molar-refractivity contribution in [2.45, 2.75) is 123 Å². The van der Waals surface area contributed by atoms with E-state index in [4.69, 9.17) is 9.47 Å². The smallest absolute Gasteiger partial charge is 0.331 e. The number of carbonyl (C=O) groups excluding carboxylic acids is 2. The molecule has 0 saturated heterocycles. The minimum Gasteiger partial charge on any atom is -0.458 e. The van der Waals surface area contributed by atoms with E-state index in [9.17, 15) is 14.7 Å². The van der Waals surface area contributed by atoms with Crippen LogP contribution in [0.3, 0.4) is 0 Å². The molecule has 0 heterocycles. The maximum atomic E-state index is 11.9. The summed E-state index contributed by atoms with van der Waals surface area (Å²) in [5.74, 6) is -1.11. The van der Waals surface area contributed by atoms with E-state index in [0.717, 1.165) is 25.7 Å². The molecule has 0 radical (unpaired) electrons. The highest BCUT2D eigenvalue weighted by molar-refractivity contribution is 5.83. The Balaban J connectivity index is 3.90. The van der Waals surface area contributed by atoms with E-state index in [1.54, 1.807) is 12.2 Å². The standard InChI is InChI=1S/C31H52O5/c1-3-5-7-9-11-13-15-17-19-21-23-25-30(33)35-28-29(27-32)36-31(34)26-24-22-20-18-16-14-12-10-8-6-4-2/h19-26,29,32H,3-18,27-28H2,1-2H3/b21-19+,22-20+,25-23+,26-24+. The topological polar surface area (TPSA) is 72.8 Å². The Hall–Kier alpha value is -2.14. The maximum Gasteiger partial charge on any atom is 0.331 e. The zero-order valence-electron chi connectivity index (χ0n) is 23.0. The van der Waals surface area contributed by atoms with Gasteiger partial charge in [0.2, 0.25) is 0 Å². The monoisotopic (exact) mass is 504 g/mol. The SMILES string of the molecule is CCCCCCCCC/C=C/C=C/C(=O)OCC(CO)OC(=O)/C=C/C=C/CCCCCCCCC.